The van der Waals surface area contributed by atoms with E-state index in [9.17, 15) is 8.78 Å². The summed E-state index contributed by atoms with van der Waals surface area (Å²) in [5, 5.41) is 0. The number of anilines is 1. The Morgan fingerprint density at radius 2 is 1.62 bits per heavy atom. The van der Waals surface area contributed by atoms with Gasteiger partial charge in [-0.3, -0.25) is 0 Å². The Morgan fingerprint density at radius 1 is 1.05 bits per heavy atom. The van der Waals surface area contributed by atoms with Crippen LogP contribution in [0.3, 0.4) is 0 Å². The van der Waals surface area contributed by atoms with E-state index in [1.54, 1.807) is 14.2 Å². The Bertz CT molecular complexity index is 591. The molecule has 5 heteroatoms. The van der Waals surface area contributed by atoms with E-state index in [-0.39, 0.29) is 12.2 Å². The number of benzene rings is 2. The molecule has 0 aliphatic carbocycles. The van der Waals surface area contributed by atoms with Gasteiger partial charge in [0.2, 0.25) is 0 Å². The molecule has 3 nitrogen and oxygen atoms in total. The van der Waals surface area contributed by atoms with Gasteiger partial charge in [-0.25, -0.2) is 8.78 Å². The first-order valence-corrected chi connectivity index (χ1v) is 6.57. The predicted molar refractivity (Wildman–Crippen MR) is 79.4 cm³/mol. The molecule has 0 fully saturated rings. The SMILES string of the molecule is COc1ccc(CN(C)c2c(F)cc(CN)cc2F)cc1. The highest BCUT2D eigenvalue weighted by Crippen LogP contribution is 2.25. The van der Waals surface area contributed by atoms with Crippen molar-refractivity contribution in [3.8, 4) is 5.75 Å². The van der Waals surface area contributed by atoms with Gasteiger partial charge in [0.1, 0.15) is 23.1 Å². The van der Waals surface area contributed by atoms with Crippen molar-refractivity contribution in [2.45, 2.75) is 13.1 Å². The molecule has 0 bridgehead atoms. The van der Waals surface area contributed by atoms with Gasteiger partial charge in [-0.15, -0.1) is 0 Å². The Morgan fingerprint density at radius 3 is 2.10 bits per heavy atom. The number of rotatable bonds is 5. The Hall–Kier alpha value is -2.14. The summed E-state index contributed by atoms with van der Waals surface area (Å²) >= 11 is 0. The third kappa shape index (κ3) is 3.49. The average molecular weight is 292 g/mol. The van der Waals surface area contributed by atoms with Crippen molar-refractivity contribution in [2.24, 2.45) is 5.73 Å². The van der Waals surface area contributed by atoms with Gasteiger partial charge < -0.3 is 15.4 Å². The Balaban J connectivity index is 2.21. The minimum absolute atomic E-state index is 0.0528. The van der Waals surface area contributed by atoms with Crippen molar-refractivity contribution < 1.29 is 13.5 Å². The van der Waals surface area contributed by atoms with Gasteiger partial charge in [-0.05, 0) is 35.4 Å². The second-order valence-electron chi connectivity index (χ2n) is 4.82. The van der Waals surface area contributed by atoms with Crippen molar-refractivity contribution in [3.05, 3.63) is 59.2 Å². The van der Waals surface area contributed by atoms with Crippen LogP contribution in [-0.4, -0.2) is 14.2 Å². The first kappa shape index (κ1) is 15.3. The molecular formula is C16H18F2N2O. The quantitative estimate of drug-likeness (QED) is 0.920. The lowest BCUT2D eigenvalue weighted by Crippen LogP contribution is -2.19. The Kier molecular flexibility index (Phi) is 4.75. The van der Waals surface area contributed by atoms with Gasteiger partial charge in [0.05, 0.1) is 7.11 Å². The highest BCUT2D eigenvalue weighted by molar-refractivity contribution is 5.50. The van der Waals surface area contributed by atoms with E-state index in [4.69, 9.17) is 10.5 Å². The van der Waals surface area contributed by atoms with Crippen molar-refractivity contribution >= 4 is 5.69 Å². The predicted octanol–water partition coefficient (Wildman–Crippen LogP) is 3.07. The first-order chi connectivity index (χ1) is 10.0. The highest BCUT2D eigenvalue weighted by Gasteiger charge is 2.15. The molecule has 0 aliphatic rings. The van der Waals surface area contributed by atoms with Crippen LogP contribution in [0.5, 0.6) is 5.75 Å². The molecule has 0 unspecified atom stereocenters. The fourth-order valence-electron chi connectivity index (χ4n) is 2.18. The van der Waals surface area contributed by atoms with Crippen LogP contribution < -0.4 is 15.4 Å². The molecule has 2 aromatic rings. The van der Waals surface area contributed by atoms with Crippen molar-refractivity contribution in [2.75, 3.05) is 19.1 Å². The van der Waals surface area contributed by atoms with Crippen LogP contribution in [0.1, 0.15) is 11.1 Å². The molecule has 0 amide bonds. The summed E-state index contributed by atoms with van der Waals surface area (Å²) in [6.45, 7) is 0.496. The Labute approximate surface area is 122 Å². The second-order valence-corrected chi connectivity index (χ2v) is 4.82. The fourth-order valence-corrected chi connectivity index (χ4v) is 2.18. The van der Waals surface area contributed by atoms with Crippen LogP contribution in [0.4, 0.5) is 14.5 Å². The maximum absolute atomic E-state index is 14.0. The molecule has 2 N–H and O–H groups in total. The molecular weight excluding hydrogens is 274 g/mol. The normalized spacial score (nSPS) is 10.5. The van der Waals surface area contributed by atoms with Gasteiger partial charge in [0.15, 0.2) is 0 Å². The summed E-state index contributed by atoms with van der Waals surface area (Å²) in [5.41, 5.74) is 6.72. The number of halogens is 2. The van der Waals surface area contributed by atoms with E-state index < -0.39 is 11.6 Å². The van der Waals surface area contributed by atoms with E-state index in [2.05, 4.69) is 0 Å². The molecule has 0 spiro atoms. The lowest BCUT2D eigenvalue weighted by molar-refractivity contribution is 0.414. The highest BCUT2D eigenvalue weighted by atomic mass is 19.1. The summed E-state index contributed by atoms with van der Waals surface area (Å²) in [6, 6.07) is 9.88. The second kappa shape index (κ2) is 6.54. The number of methoxy groups -OCH3 is 1. The van der Waals surface area contributed by atoms with Crippen molar-refractivity contribution in [3.63, 3.8) is 0 Å². The van der Waals surface area contributed by atoms with E-state index >= 15 is 0 Å². The maximum Gasteiger partial charge on any atom is 0.149 e. The monoisotopic (exact) mass is 292 g/mol. The first-order valence-electron chi connectivity index (χ1n) is 6.57. The molecule has 0 radical (unpaired) electrons. The van der Waals surface area contributed by atoms with E-state index in [1.165, 1.54) is 17.0 Å². The van der Waals surface area contributed by atoms with Crippen molar-refractivity contribution in [1.82, 2.24) is 0 Å². The van der Waals surface area contributed by atoms with Gasteiger partial charge in [-0.1, -0.05) is 12.1 Å². The summed E-state index contributed by atoms with van der Waals surface area (Å²) in [4.78, 5) is 1.53. The third-order valence-electron chi connectivity index (χ3n) is 3.27. The largest absolute Gasteiger partial charge is 0.497 e. The lowest BCUT2D eigenvalue weighted by Gasteiger charge is -2.21. The zero-order valence-corrected chi connectivity index (χ0v) is 12.1. The van der Waals surface area contributed by atoms with Gasteiger partial charge in [0.25, 0.3) is 0 Å². The van der Waals surface area contributed by atoms with E-state index in [0.717, 1.165) is 11.3 Å². The van der Waals surface area contributed by atoms with Crippen LogP contribution in [0.25, 0.3) is 0 Å². The number of ether oxygens (including phenoxy) is 1. The van der Waals surface area contributed by atoms with Gasteiger partial charge in [0, 0.05) is 20.1 Å². The molecule has 2 aromatic carbocycles. The zero-order valence-electron chi connectivity index (χ0n) is 12.1. The standard InChI is InChI=1S/C16H18F2N2O/c1-20(10-11-3-5-13(21-2)6-4-11)16-14(17)7-12(9-19)8-15(16)18/h3-8H,9-10,19H2,1-2H3. The van der Waals surface area contributed by atoms with Gasteiger partial charge in [-0.2, -0.15) is 0 Å². The molecule has 0 saturated heterocycles. The maximum atomic E-state index is 14.0. The topological polar surface area (TPSA) is 38.5 Å². The van der Waals surface area contributed by atoms with Crippen molar-refractivity contribution in [1.29, 1.82) is 0 Å². The van der Waals surface area contributed by atoms with Gasteiger partial charge >= 0.3 is 0 Å². The summed E-state index contributed by atoms with van der Waals surface area (Å²) in [7, 11) is 3.23. The molecule has 2 rings (SSSR count). The minimum Gasteiger partial charge on any atom is -0.497 e. The molecule has 0 atom stereocenters. The molecule has 21 heavy (non-hydrogen) atoms. The number of nitrogens with two attached hydrogens (primary N) is 1. The van der Waals surface area contributed by atoms with Crippen LogP contribution in [0.2, 0.25) is 0 Å². The summed E-state index contributed by atoms with van der Waals surface area (Å²) < 4.78 is 33.1. The number of hydrogen-bond donors (Lipinski definition) is 1. The molecule has 0 aromatic heterocycles. The van der Waals surface area contributed by atoms with Crippen LogP contribution in [0.15, 0.2) is 36.4 Å². The van der Waals surface area contributed by atoms with E-state index in [0.29, 0.717) is 12.1 Å². The molecule has 112 valence electrons. The zero-order chi connectivity index (χ0) is 15.4. The number of hydrogen-bond acceptors (Lipinski definition) is 3. The fraction of sp³-hybridized carbons (Fsp3) is 0.250. The average Bonchev–Trinajstić information content (AvgIpc) is 2.47. The van der Waals surface area contributed by atoms with E-state index in [1.807, 2.05) is 24.3 Å². The molecule has 0 saturated carbocycles. The number of nitrogens with zero attached hydrogens (tertiary/aromatic N) is 1. The van der Waals surface area contributed by atoms with Crippen LogP contribution in [0, 0.1) is 11.6 Å². The minimum atomic E-state index is -0.605. The molecule has 0 aliphatic heterocycles. The molecule has 0 heterocycles. The van der Waals surface area contributed by atoms with Crippen LogP contribution >= 0.6 is 0 Å². The summed E-state index contributed by atoms with van der Waals surface area (Å²) in [5.74, 6) is -0.469. The summed E-state index contributed by atoms with van der Waals surface area (Å²) in [6.07, 6.45) is 0. The lowest BCUT2D eigenvalue weighted by atomic mass is 10.1. The smallest absolute Gasteiger partial charge is 0.149 e. The third-order valence-corrected chi connectivity index (χ3v) is 3.27. The van der Waals surface area contributed by atoms with Crippen LogP contribution in [-0.2, 0) is 13.1 Å².